The van der Waals surface area contributed by atoms with E-state index < -0.39 is 11.6 Å². The monoisotopic (exact) mass is 237 g/mol. The lowest BCUT2D eigenvalue weighted by Gasteiger charge is -2.04. The summed E-state index contributed by atoms with van der Waals surface area (Å²) in [5, 5.41) is 3.16. The molecule has 0 unspecified atom stereocenters. The lowest BCUT2D eigenvalue weighted by Crippen LogP contribution is -2.17. The first-order valence-corrected chi connectivity index (χ1v) is 5.37. The molecule has 0 saturated carbocycles. The second-order valence-corrected chi connectivity index (χ2v) is 3.78. The summed E-state index contributed by atoms with van der Waals surface area (Å²) in [6.07, 6.45) is 3.93. The van der Waals surface area contributed by atoms with E-state index in [4.69, 9.17) is 0 Å². The van der Waals surface area contributed by atoms with Gasteiger partial charge < -0.3 is 10.3 Å². The number of imidazole rings is 1. The van der Waals surface area contributed by atoms with Crippen molar-refractivity contribution in [2.75, 3.05) is 6.54 Å². The zero-order valence-electron chi connectivity index (χ0n) is 9.21. The van der Waals surface area contributed by atoms with Crippen molar-refractivity contribution in [3.63, 3.8) is 0 Å². The quantitative estimate of drug-likeness (QED) is 0.781. The van der Waals surface area contributed by atoms with Crippen molar-refractivity contribution in [3.8, 4) is 0 Å². The summed E-state index contributed by atoms with van der Waals surface area (Å²) in [7, 11) is 0. The number of nitrogens with one attached hydrogen (secondary N) is 2. The molecule has 17 heavy (non-hydrogen) atoms. The third-order valence-corrected chi connectivity index (χ3v) is 2.38. The topological polar surface area (TPSA) is 40.7 Å². The van der Waals surface area contributed by atoms with Crippen LogP contribution in [0, 0.1) is 11.6 Å². The molecule has 0 saturated heterocycles. The molecule has 1 heterocycles. The zero-order valence-corrected chi connectivity index (χ0v) is 9.21. The zero-order chi connectivity index (χ0) is 12.1. The first kappa shape index (κ1) is 11.7. The number of H-pyrrole nitrogens is 1. The Morgan fingerprint density at radius 3 is 2.59 bits per heavy atom. The van der Waals surface area contributed by atoms with Gasteiger partial charge in [0.1, 0.15) is 11.6 Å². The third kappa shape index (κ3) is 3.64. The molecular weight excluding hydrogens is 224 g/mol. The van der Waals surface area contributed by atoms with Crippen molar-refractivity contribution in [2.24, 2.45) is 0 Å². The number of aromatic nitrogens is 2. The van der Waals surface area contributed by atoms with E-state index in [-0.39, 0.29) is 0 Å². The third-order valence-electron chi connectivity index (χ3n) is 2.38. The van der Waals surface area contributed by atoms with E-state index in [1.54, 1.807) is 12.5 Å². The lowest BCUT2D eigenvalue weighted by molar-refractivity contribution is 0.577. The number of benzene rings is 1. The fourth-order valence-corrected chi connectivity index (χ4v) is 1.59. The second kappa shape index (κ2) is 5.54. The molecule has 2 rings (SSSR count). The van der Waals surface area contributed by atoms with Gasteiger partial charge in [-0.15, -0.1) is 0 Å². The molecule has 2 N–H and O–H groups in total. The van der Waals surface area contributed by atoms with Crippen LogP contribution in [0.3, 0.4) is 0 Å². The molecule has 90 valence electrons. The molecule has 5 heteroatoms. The van der Waals surface area contributed by atoms with Gasteiger partial charge in [0.05, 0.1) is 6.33 Å². The summed E-state index contributed by atoms with van der Waals surface area (Å²) < 4.78 is 25.8. The van der Waals surface area contributed by atoms with E-state index in [1.165, 1.54) is 12.1 Å². The maximum absolute atomic E-state index is 12.9. The highest BCUT2D eigenvalue weighted by Gasteiger charge is 2.00. The minimum absolute atomic E-state index is 0.534. The van der Waals surface area contributed by atoms with Crippen LogP contribution in [-0.4, -0.2) is 16.5 Å². The average molecular weight is 237 g/mol. The Labute approximate surface area is 97.9 Å². The maximum atomic E-state index is 12.9. The normalized spacial score (nSPS) is 10.7. The van der Waals surface area contributed by atoms with Crippen LogP contribution in [0.1, 0.15) is 11.3 Å². The van der Waals surface area contributed by atoms with E-state index in [0.717, 1.165) is 11.8 Å². The van der Waals surface area contributed by atoms with Crippen LogP contribution in [0.25, 0.3) is 0 Å². The Kier molecular flexibility index (Phi) is 3.82. The van der Waals surface area contributed by atoms with Crippen LogP contribution < -0.4 is 5.32 Å². The van der Waals surface area contributed by atoms with E-state index in [2.05, 4.69) is 15.3 Å². The molecule has 0 aliphatic rings. The summed E-state index contributed by atoms with van der Waals surface area (Å²) in [6, 6.07) is 3.57. The van der Waals surface area contributed by atoms with Gasteiger partial charge in [-0.25, -0.2) is 13.8 Å². The average Bonchev–Trinajstić information content (AvgIpc) is 2.76. The number of nitrogens with zero attached hydrogens (tertiary/aromatic N) is 1. The Balaban J connectivity index is 1.78. The molecule has 1 aromatic carbocycles. The molecule has 0 aliphatic heterocycles. The SMILES string of the molecule is Fc1cc(F)cc(CCNCc2cnc[nH]2)c1. The highest BCUT2D eigenvalue weighted by atomic mass is 19.1. The molecule has 2 aromatic rings. The van der Waals surface area contributed by atoms with Gasteiger partial charge in [0.15, 0.2) is 0 Å². The molecule has 0 radical (unpaired) electrons. The Morgan fingerprint density at radius 1 is 1.18 bits per heavy atom. The van der Waals surface area contributed by atoms with E-state index in [9.17, 15) is 8.78 Å². The van der Waals surface area contributed by atoms with Crippen LogP contribution in [0.4, 0.5) is 8.78 Å². The van der Waals surface area contributed by atoms with Crippen LogP contribution >= 0.6 is 0 Å². The van der Waals surface area contributed by atoms with E-state index >= 15 is 0 Å². The summed E-state index contributed by atoms with van der Waals surface area (Å²) in [4.78, 5) is 6.85. The molecule has 0 fully saturated rings. The molecule has 0 bridgehead atoms. The molecule has 0 atom stereocenters. The Bertz CT molecular complexity index is 448. The molecule has 0 amide bonds. The maximum Gasteiger partial charge on any atom is 0.126 e. The summed E-state index contributed by atoms with van der Waals surface area (Å²) >= 11 is 0. The predicted molar refractivity (Wildman–Crippen MR) is 60.4 cm³/mol. The van der Waals surface area contributed by atoms with Crippen molar-refractivity contribution >= 4 is 0 Å². The Hall–Kier alpha value is -1.75. The standard InChI is InChI=1S/C12H13F2N3/c13-10-3-9(4-11(14)5-10)1-2-15-6-12-7-16-8-17-12/h3-5,7-8,15H,1-2,6H2,(H,16,17). The number of aromatic amines is 1. The van der Waals surface area contributed by atoms with Crippen LogP contribution in [-0.2, 0) is 13.0 Å². The highest BCUT2D eigenvalue weighted by molar-refractivity contribution is 5.18. The molecule has 0 spiro atoms. The number of hydrogen-bond acceptors (Lipinski definition) is 2. The molecule has 3 nitrogen and oxygen atoms in total. The van der Waals surface area contributed by atoms with Crippen LogP contribution in [0.15, 0.2) is 30.7 Å². The number of hydrogen-bond donors (Lipinski definition) is 2. The van der Waals surface area contributed by atoms with Crippen molar-refractivity contribution in [2.45, 2.75) is 13.0 Å². The van der Waals surface area contributed by atoms with Gasteiger partial charge in [-0.05, 0) is 30.7 Å². The van der Waals surface area contributed by atoms with Crippen molar-refractivity contribution in [1.29, 1.82) is 0 Å². The van der Waals surface area contributed by atoms with Gasteiger partial charge >= 0.3 is 0 Å². The lowest BCUT2D eigenvalue weighted by atomic mass is 10.1. The first-order chi connectivity index (χ1) is 8.24. The van der Waals surface area contributed by atoms with Gasteiger partial charge in [-0.1, -0.05) is 0 Å². The fourth-order valence-electron chi connectivity index (χ4n) is 1.59. The summed E-state index contributed by atoms with van der Waals surface area (Å²) in [5.41, 5.74) is 1.63. The van der Waals surface area contributed by atoms with Crippen molar-refractivity contribution < 1.29 is 8.78 Å². The highest BCUT2D eigenvalue weighted by Crippen LogP contribution is 2.08. The van der Waals surface area contributed by atoms with Gasteiger partial charge in [0.25, 0.3) is 0 Å². The smallest absolute Gasteiger partial charge is 0.126 e. The minimum atomic E-state index is -0.534. The minimum Gasteiger partial charge on any atom is -0.347 e. The first-order valence-electron chi connectivity index (χ1n) is 5.37. The van der Waals surface area contributed by atoms with Gasteiger partial charge in [0, 0.05) is 24.5 Å². The molecule has 1 aromatic heterocycles. The number of halogens is 2. The van der Waals surface area contributed by atoms with Gasteiger partial charge in [-0.2, -0.15) is 0 Å². The molecular formula is C12H13F2N3. The second-order valence-electron chi connectivity index (χ2n) is 3.78. The van der Waals surface area contributed by atoms with Crippen LogP contribution in [0.5, 0.6) is 0 Å². The van der Waals surface area contributed by atoms with E-state index in [0.29, 0.717) is 25.1 Å². The van der Waals surface area contributed by atoms with E-state index in [1.807, 2.05) is 0 Å². The van der Waals surface area contributed by atoms with Gasteiger partial charge in [-0.3, -0.25) is 0 Å². The summed E-state index contributed by atoms with van der Waals surface area (Å²) in [6.45, 7) is 1.32. The molecule has 0 aliphatic carbocycles. The van der Waals surface area contributed by atoms with Crippen LogP contribution in [0.2, 0.25) is 0 Å². The number of rotatable bonds is 5. The van der Waals surface area contributed by atoms with Crippen molar-refractivity contribution in [3.05, 3.63) is 53.6 Å². The fraction of sp³-hybridized carbons (Fsp3) is 0.250. The summed E-state index contributed by atoms with van der Waals surface area (Å²) in [5.74, 6) is -1.07. The largest absolute Gasteiger partial charge is 0.347 e. The van der Waals surface area contributed by atoms with Gasteiger partial charge in [0.2, 0.25) is 0 Å². The predicted octanol–water partition coefficient (Wildman–Crippen LogP) is 2.02. The Morgan fingerprint density at radius 2 is 1.94 bits per heavy atom. The van der Waals surface area contributed by atoms with Crippen molar-refractivity contribution in [1.82, 2.24) is 15.3 Å².